The molecule has 0 unspecified atom stereocenters. The van der Waals surface area contributed by atoms with Gasteiger partial charge < -0.3 is 30.1 Å². The zero-order chi connectivity index (χ0) is 41.8. The van der Waals surface area contributed by atoms with Crippen LogP contribution in [0.2, 0.25) is 0 Å². The molecule has 10 nitrogen and oxygen atoms in total. The van der Waals surface area contributed by atoms with Crippen LogP contribution in [0.3, 0.4) is 0 Å². The molecule has 5 N–H and O–H groups in total. The quantitative estimate of drug-likeness (QED) is 0.0850. The SMILES string of the molecule is Oc1c(O)c(O)c(-c2nc(-c3cccc4c3sc3ccc(-n5c6ccccc6c6ccccc65)cc34)nc(-n3c4ccccc4c4c(-c5ccccc5)cccc43)n2)c(O)c1O. The van der Waals surface area contributed by atoms with E-state index in [9.17, 15) is 25.5 Å². The molecule has 12 aromatic rings. The van der Waals surface area contributed by atoms with Gasteiger partial charge in [0.1, 0.15) is 5.56 Å². The third kappa shape index (κ3) is 5.06. The van der Waals surface area contributed by atoms with Crippen LogP contribution >= 0.6 is 11.3 Å². The topological polar surface area (TPSA) is 150 Å². The van der Waals surface area contributed by atoms with Gasteiger partial charge in [0, 0.05) is 53.0 Å². The summed E-state index contributed by atoms with van der Waals surface area (Å²) in [6.07, 6.45) is 0. The van der Waals surface area contributed by atoms with Crippen molar-refractivity contribution in [3.63, 3.8) is 0 Å². The van der Waals surface area contributed by atoms with Crippen LogP contribution < -0.4 is 0 Å². The molecule has 4 heterocycles. The van der Waals surface area contributed by atoms with Crippen LogP contribution in [-0.4, -0.2) is 49.6 Å². The first kappa shape index (κ1) is 35.5. The summed E-state index contributed by atoms with van der Waals surface area (Å²) in [5.41, 5.74) is 7.03. The van der Waals surface area contributed by atoms with E-state index in [1.807, 2.05) is 71.3 Å². The van der Waals surface area contributed by atoms with E-state index in [1.165, 1.54) is 10.8 Å². The smallest absolute Gasteiger partial charge is 0.238 e. The van der Waals surface area contributed by atoms with Crippen LogP contribution in [0.15, 0.2) is 158 Å². The molecule has 296 valence electrons. The van der Waals surface area contributed by atoms with Gasteiger partial charge in [0.2, 0.25) is 23.2 Å². The number of thiophene rings is 1. The fraction of sp³-hybridized carbons (Fsp3) is 0. The first-order valence-corrected chi connectivity index (χ1v) is 20.6. The highest BCUT2D eigenvalue weighted by Crippen LogP contribution is 2.54. The standard InChI is InChI=1S/C51H31N5O5S/c57-43-42(44(58)46(60)47(61)45(43)59)50-52-49(53-51(54-50)56-38-22-9-6-16-33(38)41-29(17-11-23-39(41)56)27-12-2-1-3-13-27)34-19-10-18-32-35-26-28(24-25-40(35)62-48(32)34)55-36-20-7-4-14-30(36)31-15-5-8-21-37(31)55/h1-26,57-61H. The molecule has 8 aromatic carbocycles. The van der Waals surface area contributed by atoms with Gasteiger partial charge in [-0.1, -0.05) is 109 Å². The first-order chi connectivity index (χ1) is 30.4. The van der Waals surface area contributed by atoms with E-state index >= 15 is 0 Å². The minimum atomic E-state index is -1.08. The number of phenolic OH excluding ortho intramolecular Hbond substituents is 5. The Morgan fingerprint density at radius 2 is 0.952 bits per heavy atom. The van der Waals surface area contributed by atoms with Crippen LogP contribution in [0.4, 0.5) is 0 Å². The van der Waals surface area contributed by atoms with Gasteiger partial charge in [-0.25, -0.2) is 4.98 Å². The minimum Gasteiger partial charge on any atom is -0.504 e. The number of hydrogen-bond acceptors (Lipinski definition) is 9. The molecule has 4 aromatic heterocycles. The first-order valence-electron chi connectivity index (χ1n) is 19.8. The predicted molar refractivity (Wildman–Crippen MR) is 246 cm³/mol. The maximum atomic E-state index is 11.2. The monoisotopic (exact) mass is 825 g/mol. The van der Waals surface area contributed by atoms with Crippen molar-refractivity contribution in [2.75, 3.05) is 0 Å². The molecule has 0 spiro atoms. The highest BCUT2D eigenvalue weighted by Gasteiger charge is 2.29. The number of benzene rings is 8. The Kier molecular flexibility index (Phi) is 7.62. The lowest BCUT2D eigenvalue weighted by atomic mass is 9.99. The van der Waals surface area contributed by atoms with E-state index in [2.05, 4.69) is 95.6 Å². The minimum absolute atomic E-state index is 0.152. The van der Waals surface area contributed by atoms with Crippen LogP contribution in [0.25, 0.3) is 109 Å². The Labute approximate surface area is 355 Å². The van der Waals surface area contributed by atoms with Gasteiger partial charge in [-0.2, -0.15) is 9.97 Å². The Morgan fingerprint density at radius 3 is 1.66 bits per heavy atom. The lowest BCUT2D eigenvalue weighted by Crippen LogP contribution is -2.06. The number of phenols is 5. The summed E-state index contributed by atoms with van der Waals surface area (Å²) in [5.74, 6) is -4.85. The summed E-state index contributed by atoms with van der Waals surface area (Å²) in [4.78, 5) is 14.8. The largest absolute Gasteiger partial charge is 0.504 e. The fourth-order valence-corrected chi connectivity index (χ4v) is 10.2. The maximum absolute atomic E-state index is 11.2. The zero-order valence-corrected chi connectivity index (χ0v) is 33.2. The van der Waals surface area contributed by atoms with Gasteiger partial charge in [0.15, 0.2) is 23.1 Å². The van der Waals surface area contributed by atoms with Crippen molar-refractivity contribution in [2.24, 2.45) is 0 Å². The second kappa shape index (κ2) is 13.3. The number of aromatic hydroxyl groups is 5. The molecular weight excluding hydrogens is 795 g/mol. The van der Waals surface area contributed by atoms with Gasteiger partial charge in [0.05, 0.1) is 22.1 Å². The molecule has 0 aliphatic carbocycles. The lowest BCUT2D eigenvalue weighted by molar-refractivity contribution is 0.329. The molecule has 0 radical (unpaired) electrons. The van der Waals surface area contributed by atoms with Crippen molar-refractivity contribution in [1.82, 2.24) is 24.1 Å². The molecule has 0 amide bonds. The van der Waals surface area contributed by atoms with Crippen LogP contribution in [0.1, 0.15) is 0 Å². The number of nitrogens with zero attached hydrogens (tertiary/aromatic N) is 5. The summed E-state index contributed by atoms with van der Waals surface area (Å²) in [7, 11) is 0. The number of rotatable bonds is 5. The van der Waals surface area contributed by atoms with E-state index < -0.39 is 34.3 Å². The number of hydrogen-bond donors (Lipinski definition) is 5. The number of fused-ring (bicyclic) bond motifs is 9. The zero-order valence-electron chi connectivity index (χ0n) is 32.4. The molecule has 11 heteroatoms. The maximum Gasteiger partial charge on any atom is 0.238 e. The molecule has 62 heavy (non-hydrogen) atoms. The Hall–Kier alpha value is -8.41. The molecular formula is C51H31N5O5S. The van der Waals surface area contributed by atoms with Gasteiger partial charge in [-0.3, -0.25) is 4.57 Å². The van der Waals surface area contributed by atoms with Crippen LogP contribution in [0.5, 0.6) is 28.7 Å². The van der Waals surface area contributed by atoms with E-state index in [-0.39, 0.29) is 17.6 Å². The third-order valence-corrected chi connectivity index (χ3v) is 13.0. The molecule has 0 saturated carbocycles. The summed E-state index contributed by atoms with van der Waals surface area (Å²) in [6.45, 7) is 0. The van der Waals surface area contributed by atoms with Crippen molar-refractivity contribution in [2.45, 2.75) is 0 Å². The molecule has 0 aliphatic rings. The van der Waals surface area contributed by atoms with Crippen LogP contribution in [-0.2, 0) is 0 Å². The van der Waals surface area contributed by atoms with Crippen molar-refractivity contribution in [3.8, 4) is 74.3 Å². The molecule has 0 aliphatic heterocycles. The van der Waals surface area contributed by atoms with Crippen molar-refractivity contribution < 1.29 is 25.5 Å². The fourth-order valence-electron chi connectivity index (χ4n) is 8.99. The Bertz CT molecular complexity index is 3750. The van der Waals surface area contributed by atoms with E-state index in [0.717, 1.165) is 69.8 Å². The van der Waals surface area contributed by atoms with Gasteiger partial charge in [-0.05, 0) is 59.7 Å². The molecule has 0 saturated heterocycles. The highest BCUT2D eigenvalue weighted by atomic mass is 32.1. The van der Waals surface area contributed by atoms with E-state index in [1.54, 1.807) is 11.3 Å². The normalized spacial score (nSPS) is 11.9. The molecule has 0 bridgehead atoms. The van der Waals surface area contributed by atoms with Crippen LogP contribution in [0, 0.1) is 0 Å². The summed E-state index contributed by atoms with van der Waals surface area (Å²) in [6, 6.07) is 53.3. The summed E-state index contributed by atoms with van der Waals surface area (Å²) in [5, 5.41) is 60.5. The second-order valence-electron chi connectivity index (χ2n) is 15.2. The van der Waals surface area contributed by atoms with Gasteiger partial charge >= 0.3 is 0 Å². The average Bonchev–Trinajstić information content (AvgIpc) is 3.98. The second-order valence-corrected chi connectivity index (χ2v) is 16.2. The highest BCUT2D eigenvalue weighted by molar-refractivity contribution is 7.26. The third-order valence-electron chi connectivity index (χ3n) is 11.8. The number of aromatic nitrogens is 5. The molecule has 12 rings (SSSR count). The summed E-state index contributed by atoms with van der Waals surface area (Å²) < 4.78 is 6.14. The molecule has 0 atom stereocenters. The Balaban J connectivity index is 1.13. The average molecular weight is 826 g/mol. The molecule has 0 fully saturated rings. The lowest BCUT2D eigenvalue weighted by Gasteiger charge is -2.14. The van der Waals surface area contributed by atoms with Crippen molar-refractivity contribution >= 4 is 75.1 Å². The van der Waals surface area contributed by atoms with Gasteiger partial charge in [-0.15, -0.1) is 11.3 Å². The van der Waals surface area contributed by atoms with E-state index in [0.29, 0.717) is 5.56 Å². The van der Waals surface area contributed by atoms with Crippen molar-refractivity contribution in [3.05, 3.63) is 158 Å². The summed E-state index contributed by atoms with van der Waals surface area (Å²) >= 11 is 1.59. The van der Waals surface area contributed by atoms with Gasteiger partial charge in [0.25, 0.3) is 0 Å². The predicted octanol–water partition coefficient (Wildman–Crippen LogP) is 12.0. The van der Waals surface area contributed by atoms with E-state index in [4.69, 9.17) is 15.0 Å². The Morgan fingerprint density at radius 1 is 0.403 bits per heavy atom. The van der Waals surface area contributed by atoms with Crippen molar-refractivity contribution in [1.29, 1.82) is 0 Å². The number of para-hydroxylation sites is 3.